The van der Waals surface area contributed by atoms with Gasteiger partial charge in [0.05, 0.1) is 23.8 Å². The number of esters is 1. The molecule has 6 heteroatoms. The molecule has 1 amide bonds. The van der Waals surface area contributed by atoms with Crippen LogP contribution in [0.3, 0.4) is 0 Å². The van der Waals surface area contributed by atoms with Gasteiger partial charge in [0.25, 0.3) is 0 Å². The van der Waals surface area contributed by atoms with Crippen molar-refractivity contribution in [2.24, 2.45) is 5.10 Å². The van der Waals surface area contributed by atoms with E-state index in [1.807, 2.05) is 19.2 Å². The SMILES string of the molecule is COC(=O)c1cccc(N(N=CC2=[N+](C)c3ccccc3C2(C)C)C(C)=O)c1. The third-order valence-corrected chi connectivity index (χ3v) is 5.05. The molecule has 0 atom stereocenters. The van der Waals surface area contributed by atoms with E-state index in [1.165, 1.54) is 24.6 Å². The summed E-state index contributed by atoms with van der Waals surface area (Å²) in [6.45, 7) is 5.70. The third-order valence-electron chi connectivity index (χ3n) is 5.05. The Morgan fingerprint density at radius 1 is 1.14 bits per heavy atom. The highest BCUT2D eigenvalue weighted by atomic mass is 16.5. The second-order valence-electron chi connectivity index (χ2n) is 7.20. The molecule has 2 aromatic rings. The lowest BCUT2D eigenvalue weighted by molar-refractivity contribution is -0.400. The standard InChI is InChI=1S/C22H24N3O3/c1-15(26)25(17-10-8-9-16(13-17)21(27)28-5)23-14-20-22(2,3)18-11-6-7-12-19(18)24(20)4/h6-14H,1-5H3/q+1. The van der Waals surface area contributed by atoms with Crippen molar-refractivity contribution >= 4 is 35.2 Å². The zero-order valence-corrected chi connectivity index (χ0v) is 16.8. The summed E-state index contributed by atoms with van der Waals surface area (Å²) in [5, 5.41) is 5.74. The molecule has 1 aliphatic heterocycles. The van der Waals surface area contributed by atoms with Gasteiger partial charge < -0.3 is 4.74 Å². The van der Waals surface area contributed by atoms with Gasteiger partial charge in [0.15, 0.2) is 0 Å². The Morgan fingerprint density at radius 2 is 1.86 bits per heavy atom. The molecule has 2 aromatic carbocycles. The maximum atomic E-state index is 12.2. The summed E-state index contributed by atoms with van der Waals surface area (Å²) >= 11 is 0. The number of anilines is 1. The lowest BCUT2D eigenvalue weighted by atomic mass is 9.82. The predicted octanol–water partition coefficient (Wildman–Crippen LogP) is 3.52. The molecule has 0 radical (unpaired) electrons. The minimum absolute atomic E-state index is 0.245. The Hall–Kier alpha value is -3.28. The Kier molecular flexibility index (Phi) is 5.14. The number of rotatable bonds is 4. The Labute approximate surface area is 164 Å². The first-order chi connectivity index (χ1) is 13.3. The molecule has 0 fully saturated rings. The van der Waals surface area contributed by atoms with E-state index in [-0.39, 0.29) is 11.3 Å². The second-order valence-corrected chi connectivity index (χ2v) is 7.20. The number of nitrogens with zero attached hydrogens (tertiary/aromatic N) is 3. The van der Waals surface area contributed by atoms with Gasteiger partial charge in [0, 0.05) is 18.6 Å². The van der Waals surface area contributed by atoms with E-state index in [0.717, 1.165) is 11.4 Å². The van der Waals surface area contributed by atoms with E-state index < -0.39 is 5.97 Å². The normalized spacial score (nSPS) is 14.9. The lowest BCUT2D eigenvalue weighted by Gasteiger charge is -2.18. The van der Waals surface area contributed by atoms with Crippen LogP contribution in [-0.2, 0) is 14.9 Å². The van der Waals surface area contributed by atoms with Gasteiger partial charge in [0.1, 0.15) is 13.3 Å². The van der Waals surface area contributed by atoms with Gasteiger partial charge in [-0.15, -0.1) is 0 Å². The Bertz CT molecular complexity index is 1010. The van der Waals surface area contributed by atoms with E-state index >= 15 is 0 Å². The van der Waals surface area contributed by atoms with Gasteiger partial charge in [-0.05, 0) is 32.0 Å². The number of fused-ring (bicyclic) bond motifs is 1. The number of ether oxygens (including phenoxy) is 1. The summed E-state index contributed by atoms with van der Waals surface area (Å²) in [6, 6.07) is 14.9. The Balaban J connectivity index is 1.99. The number of hydrazone groups is 1. The molecule has 1 heterocycles. The molecular formula is C22H24N3O3+. The van der Waals surface area contributed by atoms with Gasteiger partial charge in [-0.1, -0.05) is 24.3 Å². The van der Waals surface area contributed by atoms with Crippen molar-refractivity contribution in [2.75, 3.05) is 19.2 Å². The van der Waals surface area contributed by atoms with Gasteiger partial charge in [-0.25, -0.2) is 9.80 Å². The minimum atomic E-state index is -0.462. The first kappa shape index (κ1) is 19.5. The number of para-hydroxylation sites is 1. The maximum absolute atomic E-state index is 12.2. The quantitative estimate of drug-likeness (QED) is 0.354. The molecule has 0 saturated heterocycles. The molecule has 0 spiro atoms. The van der Waals surface area contributed by atoms with Crippen LogP contribution in [0.2, 0.25) is 0 Å². The van der Waals surface area contributed by atoms with E-state index in [4.69, 9.17) is 4.74 Å². The highest BCUT2D eigenvalue weighted by molar-refractivity contribution is 6.33. The number of hydrogen-bond acceptors (Lipinski definition) is 4. The van der Waals surface area contributed by atoms with Crippen LogP contribution in [-0.4, -0.2) is 42.5 Å². The summed E-state index contributed by atoms with van der Waals surface area (Å²) in [4.78, 5) is 24.0. The number of hydrogen-bond donors (Lipinski definition) is 0. The number of carbonyl (C=O) groups excluding carboxylic acids is 2. The second kappa shape index (κ2) is 7.38. The fourth-order valence-corrected chi connectivity index (χ4v) is 3.55. The molecule has 28 heavy (non-hydrogen) atoms. The smallest absolute Gasteiger partial charge is 0.337 e. The molecule has 0 N–H and O–H groups in total. The molecular weight excluding hydrogens is 354 g/mol. The highest BCUT2D eigenvalue weighted by Gasteiger charge is 2.43. The summed E-state index contributed by atoms with van der Waals surface area (Å²) in [5.41, 5.74) is 3.93. The van der Waals surface area contributed by atoms with Crippen molar-refractivity contribution in [3.8, 4) is 0 Å². The van der Waals surface area contributed by atoms with Crippen molar-refractivity contribution < 1.29 is 18.9 Å². The summed E-state index contributed by atoms with van der Waals surface area (Å²) in [6.07, 6.45) is 1.71. The minimum Gasteiger partial charge on any atom is -0.465 e. The number of benzene rings is 2. The van der Waals surface area contributed by atoms with Crippen LogP contribution in [0.4, 0.5) is 11.4 Å². The van der Waals surface area contributed by atoms with E-state index in [0.29, 0.717) is 11.3 Å². The highest BCUT2D eigenvalue weighted by Crippen LogP contribution is 2.38. The van der Waals surface area contributed by atoms with Gasteiger partial charge in [-0.2, -0.15) is 9.68 Å². The van der Waals surface area contributed by atoms with Crippen LogP contribution < -0.4 is 5.01 Å². The number of carbonyl (C=O) groups is 2. The summed E-state index contributed by atoms with van der Waals surface area (Å²) < 4.78 is 6.84. The topological polar surface area (TPSA) is 62.0 Å². The van der Waals surface area contributed by atoms with Crippen molar-refractivity contribution in [3.63, 3.8) is 0 Å². The molecule has 6 nitrogen and oxygen atoms in total. The molecule has 0 aromatic heterocycles. The van der Waals surface area contributed by atoms with E-state index in [1.54, 1.807) is 30.5 Å². The fraction of sp³-hybridized carbons (Fsp3) is 0.273. The van der Waals surface area contributed by atoms with E-state index in [9.17, 15) is 9.59 Å². The monoisotopic (exact) mass is 378 g/mol. The van der Waals surface area contributed by atoms with Crippen molar-refractivity contribution in [2.45, 2.75) is 26.2 Å². The molecule has 0 aliphatic carbocycles. The average molecular weight is 378 g/mol. The molecule has 1 aliphatic rings. The van der Waals surface area contributed by atoms with Crippen LogP contribution in [0.15, 0.2) is 53.6 Å². The maximum Gasteiger partial charge on any atom is 0.337 e. The molecule has 0 saturated carbocycles. The molecule has 3 rings (SSSR count). The largest absolute Gasteiger partial charge is 0.465 e. The zero-order valence-electron chi connectivity index (χ0n) is 16.8. The van der Waals surface area contributed by atoms with Gasteiger partial charge in [0.2, 0.25) is 17.3 Å². The number of methoxy groups -OCH3 is 1. The van der Waals surface area contributed by atoms with E-state index in [2.05, 4.69) is 35.7 Å². The predicted molar refractivity (Wildman–Crippen MR) is 110 cm³/mol. The fourth-order valence-electron chi connectivity index (χ4n) is 3.55. The van der Waals surface area contributed by atoms with Crippen molar-refractivity contribution in [1.29, 1.82) is 0 Å². The molecule has 0 bridgehead atoms. The molecule has 144 valence electrons. The van der Waals surface area contributed by atoms with Crippen molar-refractivity contribution in [3.05, 3.63) is 59.7 Å². The van der Waals surface area contributed by atoms with Crippen LogP contribution in [0, 0.1) is 0 Å². The van der Waals surface area contributed by atoms with Crippen molar-refractivity contribution in [1.82, 2.24) is 0 Å². The summed E-state index contributed by atoms with van der Waals surface area (Å²) in [5.74, 6) is -0.717. The van der Waals surface area contributed by atoms with Gasteiger partial charge in [-0.3, -0.25) is 4.79 Å². The van der Waals surface area contributed by atoms with Gasteiger partial charge >= 0.3 is 5.97 Å². The van der Waals surface area contributed by atoms with Crippen LogP contribution in [0.25, 0.3) is 0 Å². The van der Waals surface area contributed by atoms with Crippen LogP contribution >= 0.6 is 0 Å². The summed E-state index contributed by atoms with van der Waals surface area (Å²) in [7, 11) is 3.31. The molecule has 0 unspecified atom stereocenters. The number of amides is 1. The first-order valence-electron chi connectivity index (χ1n) is 9.01. The Morgan fingerprint density at radius 3 is 2.50 bits per heavy atom. The third kappa shape index (κ3) is 3.33. The van der Waals surface area contributed by atoms with Crippen LogP contribution in [0.5, 0.6) is 0 Å². The first-order valence-corrected chi connectivity index (χ1v) is 9.01. The van der Waals surface area contributed by atoms with Crippen LogP contribution in [0.1, 0.15) is 36.7 Å². The zero-order chi connectivity index (χ0) is 20.5. The average Bonchev–Trinajstić information content (AvgIpc) is 2.88. The lowest BCUT2D eigenvalue weighted by Crippen LogP contribution is -2.32.